The minimum atomic E-state index is 0.333. The maximum Gasteiger partial charge on any atom is 0.132 e. The van der Waals surface area contributed by atoms with Gasteiger partial charge in [-0.05, 0) is 65.0 Å². The van der Waals surface area contributed by atoms with Crippen LogP contribution in [0.3, 0.4) is 0 Å². The minimum Gasteiger partial charge on any atom is -0.357 e. The zero-order chi connectivity index (χ0) is 16.9. The van der Waals surface area contributed by atoms with E-state index in [1.54, 1.807) is 11.1 Å². The molecule has 1 unspecified atom stereocenters. The van der Waals surface area contributed by atoms with E-state index in [1.165, 1.54) is 37.7 Å². The smallest absolute Gasteiger partial charge is 0.132 e. The standard InChI is InChI=1S/C22H33NO/c1-15(2)16-6-8-18-17(12-16)7-9-19-21(3,14-23-20-13-24-20)10-5-11-22(18,19)4/h6,8,12,15,19-20,23H,5,7,9-11,13-14H2,1-4H3/t19-,20?,21+,22+/m0/s1. The van der Waals surface area contributed by atoms with Gasteiger partial charge in [-0.2, -0.15) is 0 Å². The van der Waals surface area contributed by atoms with E-state index in [0.29, 0.717) is 23.0 Å². The van der Waals surface area contributed by atoms with Crippen molar-refractivity contribution in [2.24, 2.45) is 11.3 Å². The largest absolute Gasteiger partial charge is 0.357 e. The molecule has 132 valence electrons. The van der Waals surface area contributed by atoms with Gasteiger partial charge in [-0.1, -0.05) is 52.3 Å². The first-order valence-corrected chi connectivity index (χ1v) is 9.91. The molecule has 2 fully saturated rings. The average molecular weight is 328 g/mol. The van der Waals surface area contributed by atoms with Gasteiger partial charge in [0.2, 0.25) is 0 Å². The summed E-state index contributed by atoms with van der Waals surface area (Å²) in [5.41, 5.74) is 5.52. The number of benzene rings is 1. The predicted octanol–water partition coefficient (Wildman–Crippen LogP) is 4.77. The third-order valence-electron chi connectivity index (χ3n) is 7.23. The van der Waals surface area contributed by atoms with Crippen molar-refractivity contribution in [3.8, 4) is 0 Å². The Morgan fingerprint density at radius 2 is 2.04 bits per heavy atom. The molecule has 2 nitrogen and oxygen atoms in total. The molecule has 4 rings (SSSR count). The van der Waals surface area contributed by atoms with Gasteiger partial charge in [0.1, 0.15) is 6.23 Å². The number of ether oxygens (including phenoxy) is 1. The summed E-state index contributed by atoms with van der Waals surface area (Å²) < 4.78 is 5.39. The first-order chi connectivity index (χ1) is 11.4. The van der Waals surface area contributed by atoms with Crippen molar-refractivity contribution >= 4 is 0 Å². The van der Waals surface area contributed by atoms with Crippen molar-refractivity contribution in [2.75, 3.05) is 13.2 Å². The summed E-state index contributed by atoms with van der Waals surface area (Å²) in [5.74, 6) is 1.41. The molecule has 2 aliphatic carbocycles. The van der Waals surface area contributed by atoms with Crippen molar-refractivity contribution in [3.63, 3.8) is 0 Å². The number of hydrogen-bond acceptors (Lipinski definition) is 2. The highest BCUT2D eigenvalue weighted by atomic mass is 16.6. The van der Waals surface area contributed by atoms with E-state index in [-0.39, 0.29) is 0 Å². The molecule has 1 N–H and O–H groups in total. The van der Waals surface area contributed by atoms with Crippen LogP contribution in [0, 0.1) is 11.3 Å². The highest BCUT2D eigenvalue weighted by Gasteiger charge is 2.51. The lowest BCUT2D eigenvalue weighted by Crippen LogP contribution is -2.52. The van der Waals surface area contributed by atoms with Crippen LogP contribution < -0.4 is 5.32 Å². The summed E-state index contributed by atoms with van der Waals surface area (Å²) in [6.07, 6.45) is 6.98. The fraction of sp³-hybridized carbons (Fsp3) is 0.727. The normalized spacial score (nSPS) is 37.9. The van der Waals surface area contributed by atoms with E-state index in [2.05, 4.69) is 51.2 Å². The molecule has 1 aromatic rings. The van der Waals surface area contributed by atoms with Gasteiger partial charge in [-0.3, -0.25) is 5.32 Å². The maximum atomic E-state index is 5.39. The van der Waals surface area contributed by atoms with Crippen molar-refractivity contribution in [3.05, 3.63) is 34.9 Å². The van der Waals surface area contributed by atoms with E-state index >= 15 is 0 Å². The van der Waals surface area contributed by atoms with Crippen molar-refractivity contribution in [1.29, 1.82) is 0 Å². The molecule has 0 aromatic heterocycles. The van der Waals surface area contributed by atoms with Crippen LogP contribution in [0.25, 0.3) is 0 Å². The topological polar surface area (TPSA) is 24.6 Å². The molecule has 0 radical (unpaired) electrons. The van der Waals surface area contributed by atoms with Gasteiger partial charge in [-0.15, -0.1) is 0 Å². The van der Waals surface area contributed by atoms with Crippen molar-refractivity contribution < 1.29 is 4.74 Å². The summed E-state index contributed by atoms with van der Waals surface area (Å²) in [6, 6.07) is 7.36. The van der Waals surface area contributed by atoms with Crippen LogP contribution in [0.4, 0.5) is 0 Å². The minimum absolute atomic E-state index is 0.333. The molecule has 1 saturated carbocycles. The van der Waals surface area contributed by atoms with Crippen LogP contribution in [0.2, 0.25) is 0 Å². The molecular weight excluding hydrogens is 294 g/mol. The molecule has 0 bridgehead atoms. The fourth-order valence-corrected chi connectivity index (χ4v) is 5.73. The maximum absolute atomic E-state index is 5.39. The van der Waals surface area contributed by atoms with Crippen molar-refractivity contribution in [1.82, 2.24) is 5.32 Å². The number of aryl methyl sites for hydroxylation is 1. The van der Waals surface area contributed by atoms with E-state index < -0.39 is 0 Å². The van der Waals surface area contributed by atoms with Crippen LogP contribution in [0.5, 0.6) is 0 Å². The lowest BCUT2D eigenvalue weighted by Gasteiger charge is -2.55. The van der Waals surface area contributed by atoms with Gasteiger partial charge >= 0.3 is 0 Å². The number of hydrogen-bond donors (Lipinski definition) is 1. The number of nitrogens with one attached hydrogen (secondary N) is 1. The van der Waals surface area contributed by atoms with Gasteiger partial charge < -0.3 is 4.74 Å². The number of rotatable bonds is 4. The van der Waals surface area contributed by atoms with Crippen LogP contribution in [-0.2, 0) is 16.6 Å². The molecule has 1 saturated heterocycles. The lowest BCUT2D eigenvalue weighted by molar-refractivity contribution is 0.0237. The highest BCUT2D eigenvalue weighted by Crippen LogP contribution is 2.57. The van der Waals surface area contributed by atoms with Gasteiger partial charge in [0.05, 0.1) is 6.61 Å². The van der Waals surface area contributed by atoms with Crippen LogP contribution >= 0.6 is 0 Å². The molecule has 0 amide bonds. The van der Waals surface area contributed by atoms with E-state index in [1.807, 2.05) is 0 Å². The van der Waals surface area contributed by atoms with E-state index in [4.69, 9.17) is 4.74 Å². The molecule has 0 spiro atoms. The Balaban J connectivity index is 1.65. The second kappa shape index (κ2) is 5.85. The van der Waals surface area contributed by atoms with Gasteiger partial charge in [0, 0.05) is 6.54 Å². The molecule has 24 heavy (non-hydrogen) atoms. The highest BCUT2D eigenvalue weighted by molar-refractivity contribution is 5.42. The second-order valence-corrected chi connectivity index (χ2v) is 9.29. The Bertz CT molecular complexity index is 620. The Hall–Kier alpha value is -0.860. The summed E-state index contributed by atoms with van der Waals surface area (Å²) >= 11 is 0. The third-order valence-corrected chi connectivity index (χ3v) is 7.23. The molecular formula is C22H33NO. The number of fused-ring (bicyclic) bond motifs is 3. The van der Waals surface area contributed by atoms with E-state index in [0.717, 1.165) is 19.1 Å². The Morgan fingerprint density at radius 3 is 2.75 bits per heavy atom. The van der Waals surface area contributed by atoms with Crippen LogP contribution in [-0.4, -0.2) is 19.4 Å². The Labute approximate surface area is 147 Å². The summed E-state index contributed by atoms with van der Waals surface area (Å²) in [5, 5.41) is 3.64. The quantitative estimate of drug-likeness (QED) is 0.806. The third kappa shape index (κ3) is 2.72. The summed E-state index contributed by atoms with van der Waals surface area (Å²) in [6.45, 7) is 11.7. The van der Waals surface area contributed by atoms with Gasteiger partial charge in [-0.25, -0.2) is 0 Å². The second-order valence-electron chi connectivity index (χ2n) is 9.29. The SMILES string of the molecule is CC(C)c1ccc2c(c1)CC[C@H]1[C@@](C)(CNC3CO3)CCC[C@]21C. The molecule has 3 aliphatic rings. The fourth-order valence-electron chi connectivity index (χ4n) is 5.73. The van der Waals surface area contributed by atoms with E-state index in [9.17, 15) is 0 Å². The van der Waals surface area contributed by atoms with Gasteiger partial charge in [0.15, 0.2) is 0 Å². The number of epoxide rings is 1. The Kier molecular flexibility index (Phi) is 4.04. The zero-order valence-electron chi connectivity index (χ0n) is 15.8. The first-order valence-electron chi connectivity index (χ1n) is 9.91. The van der Waals surface area contributed by atoms with Crippen LogP contribution in [0.15, 0.2) is 18.2 Å². The predicted molar refractivity (Wildman–Crippen MR) is 99.4 cm³/mol. The summed E-state index contributed by atoms with van der Waals surface area (Å²) in [4.78, 5) is 0. The first kappa shape index (κ1) is 16.6. The average Bonchev–Trinajstić information content (AvgIpc) is 3.37. The lowest BCUT2D eigenvalue weighted by atomic mass is 9.49. The molecule has 2 heteroatoms. The summed E-state index contributed by atoms with van der Waals surface area (Å²) in [7, 11) is 0. The Morgan fingerprint density at radius 1 is 1.25 bits per heavy atom. The van der Waals surface area contributed by atoms with Crippen LogP contribution in [0.1, 0.15) is 76.0 Å². The monoisotopic (exact) mass is 327 g/mol. The molecule has 1 aromatic carbocycles. The molecule has 4 atom stereocenters. The molecule has 1 heterocycles. The van der Waals surface area contributed by atoms with Gasteiger partial charge in [0.25, 0.3) is 0 Å². The molecule has 1 aliphatic heterocycles. The zero-order valence-corrected chi connectivity index (χ0v) is 15.8. The van der Waals surface area contributed by atoms with Crippen molar-refractivity contribution in [2.45, 2.75) is 77.4 Å².